The Hall–Kier alpha value is -1.56. The average Bonchev–Trinajstić information content (AvgIpc) is 3.15. The van der Waals surface area contributed by atoms with E-state index in [4.69, 9.17) is 9.73 Å². The molecule has 1 aliphatic carbocycles. The maximum Gasteiger partial charge on any atom is 0.308 e. The van der Waals surface area contributed by atoms with E-state index in [0.717, 1.165) is 44.7 Å². The third-order valence-corrected chi connectivity index (χ3v) is 5.37. The number of carbonyl (C=O) groups is 1. The third-order valence-electron chi connectivity index (χ3n) is 4.67. The summed E-state index contributed by atoms with van der Waals surface area (Å²) in [5.74, 6) is 1.33. The predicted molar refractivity (Wildman–Crippen MR) is 104 cm³/mol. The molecule has 5 nitrogen and oxygen atoms in total. The minimum Gasteiger partial charge on any atom is -0.466 e. The van der Waals surface area contributed by atoms with E-state index >= 15 is 0 Å². The smallest absolute Gasteiger partial charge is 0.308 e. The van der Waals surface area contributed by atoms with Gasteiger partial charge in [0.15, 0.2) is 5.96 Å². The van der Waals surface area contributed by atoms with E-state index in [1.54, 1.807) is 11.3 Å². The van der Waals surface area contributed by atoms with Crippen molar-refractivity contribution in [2.45, 2.75) is 58.4 Å². The fourth-order valence-corrected chi connectivity index (χ4v) is 3.92. The second-order valence-electron chi connectivity index (χ2n) is 6.62. The van der Waals surface area contributed by atoms with Gasteiger partial charge in [-0.05, 0) is 61.9 Å². The molecular formula is C19H31N3O2S. The molecule has 1 aliphatic rings. The quantitative estimate of drug-likeness (QED) is 0.441. The number of thiophene rings is 1. The number of hydrogen-bond donors (Lipinski definition) is 2. The van der Waals surface area contributed by atoms with Gasteiger partial charge in [0, 0.05) is 25.0 Å². The van der Waals surface area contributed by atoms with Crippen LogP contribution in [0.25, 0.3) is 0 Å². The minimum atomic E-state index is -0.0360. The zero-order valence-corrected chi connectivity index (χ0v) is 16.4. The molecule has 1 fully saturated rings. The van der Waals surface area contributed by atoms with Gasteiger partial charge in [0.2, 0.25) is 0 Å². The maximum atomic E-state index is 11.8. The first-order chi connectivity index (χ1) is 12.1. The fourth-order valence-electron chi connectivity index (χ4n) is 3.14. The highest BCUT2D eigenvalue weighted by Crippen LogP contribution is 2.25. The van der Waals surface area contributed by atoms with Crippen molar-refractivity contribution in [2.24, 2.45) is 10.9 Å². The molecule has 0 aromatic carbocycles. The van der Waals surface area contributed by atoms with Crippen LogP contribution in [0.1, 0.15) is 57.9 Å². The van der Waals surface area contributed by atoms with Crippen molar-refractivity contribution in [2.75, 3.05) is 19.7 Å². The van der Waals surface area contributed by atoms with Crippen LogP contribution in [-0.4, -0.2) is 37.7 Å². The molecule has 2 rings (SSSR count). The van der Waals surface area contributed by atoms with Crippen molar-refractivity contribution >= 4 is 23.3 Å². The number of aliphatic imine (C=N–C) groups is 1. The SMILES string of the molecule is CCNC(=NCC(C)c1ccsc1)NC1CCC(C(=O)OCC)CC1. The number of ether oxygens (including phenoxy) is 1. The lowest BCUT2D eigenvalue weighted by Crippen LogP contribution is -2.45. The molecule has 1 aromatic rings. The largest absolute Gasteiger partial charge is 0.466 e. The van der Waals surface area contributed by atoms with E-state index in [9.17, 15) is 4.79 Å². The highest BCUT2D eigenvalue weighted by atomic mass is 32.1. The molecule has 1 aromatic heterocycles. The number of nitrogens with zero attached hydrogens (tertiary/aromatic N) is 1. The zero-order valence-electron chi connectivity index (χ0n) is 15.6. The highest BCUT2D eigenvalue weighted by molar-refractivity contribution is 7.07. The molecule has 1 saturated carbocycles. The van der Waals surface area contributed by atoms with Crippen molar-refractivity contribution in [1.82, 2.24) is 10.6 Å². The van der Waals surface area contributed by atoms with Crippen LogP contribution < -0.4 is 10.6 Å². The molecular weight excluding hydrogens is 334 g/mol. The van der Waals surface area contributed by atoms with Gasteiger partial charge in [-0.1, -0.05) is 6.92 Å². The van der Waals surface area contributed by atoms with E-state index in [0.29, 0.717) is 18.6 Å². The topological polar surface area (TPSA) is 62.7 Å². The van der Waals surface area contributed by atoms with Crippen LogP contribution in [-0.2, 0) is 9.53 Å². The van der Waals surface area contributed by atoms with Gasteiger partial charge in [-0.15, -0.1) is 0 Å². The normalized spacial score (nSPS) is 22.3. The summed E-state index contributed by atoms with van der Waals surface area (Å²) in [7, 11) is 0. The van der Waals surface area contributed by atoms with E-state index in [2.05, 4.69) is 41.3 Å². The fraction of sp³-hybridized carbons (Fsp3) is 0.684. The standard InChI is InChI=1S/C19H31N3O2S/c1-4-20-19(21-12-14(3)16-10-11-25-13-16)22-17-8-6-15(7-9-17)18(23)24-5-2/h10-11,13-15,17H,4-9,12H2,1-3H3,(H2,20,21,22). The Morgan fingerprint density at radius 2 is 2.12 bits per heavy atom. The Labute approximate surface area is 155 Å². The van der Waals surface area contributed by atoms with Gasteiger partial charge in [0.05, 0.1) is 12.5 Å². The number of esters is 1. The molecule has 25 heavy (non-hydrogen) atoms. The maximum absolute atomic E-state index is 11.8. The molecule has 1 unspecified atom stereocenters. The summed E-state index contributed by atoms with van der Waals surface area (Å²) in [6.45, 7) is 8.23. The lowest BCUT2D eigenvalue weighted by atomic mass is 9.86. The summed E-state index contributed by atoms with van der Waals surface area (Å²) in [6, 6.07) is 2.54. The van der Waals surface area contributed by atoms with Crippen molar-refractivity contribution in [3.8, 4) is 0 Å². The summed E-state index contributed by atoms with van der Waals surface area (Å²) in [4.78, 5) is 16.6. The van der Waals surface area contributed by atoms with Crippen molar-refractivity contribution in [3.63, 3.8) is 0 Å². The minimum absolute atomic E-state index is 0.0360. The first-order valence-corrected chi connectivity index (χ1v) is 10.3. The zero-order chi connectivity index (χ0) is 18.1. The molecule has 6 heteroatoms. The van der Waals surface area contributed by atoms with E-state index in [-0.39, 0.29) is 11.9 Å². The summed E-state index contributed by atoms with van der Waals surface area (Å²) in [6.07, 6.45) is 3.74. The van der Waals surface area contributed by atoms with Crippen LogP contribution in [0.5, 0.6) is 0 Å². The van der Waals surface area contributed by atoms with Crippen molar-refractivity contribution in [3.05, 3.63) is 22.4 Å². The van der Waals surface area contributed by atoms with Crippen LogP contribution >= 0.6 is 11.3 Å². The molecule has 0 aliphatic heterocycles. The first-order valence-electron chi connectivity index (χ1n) is 9.37. The molecule has 1 atom stereocenters. The molecule has 0 bridgehead atoms. The number of rotatable bonds is 7. The van der Waals surface area contributed by atoms with Crippen LogP contribution in [0.2, 0.25) is 0 Å². The number of guanidine groups is 1. The lowest BCUT2D eigenvalue weighted by Gasteiger charge is -2.29. The number of hydrogen-bond acceptors (Lipinski definition) is 4. The Morgan fingerprint density at radius 3 is 2.72 bits per heavy atom. The van der Waals surface area contributed by atoms with E-state index < -0.39 is 0 Å². The van der Waals surface area contributed by atoms with E-state index in [1.807, 2.05) is 6.92 Å². The summed E-state index contributed by atoms with van der Waals surface area (Å²) < 4.78 is 5.14. The van der Waals surface area contributed by atoms with Crippen LogP contribution in [0.4, 0.5) is 0 Å². The molecule has 0 radical (unpaired) electrons. The summed E-state index contributed by atoms with van der Waals surface area (Å²) in [5, 5.41) is 11.2. The molecule has 1 heterocycles. The van der Waals surface area contributed by atoms with E-state index in [1.165, 1.54) is 5.56 Å². The Bertz CT molecular complexity index is 537. The third kappa shape index (κ3) is 6.34. The molecule has 140 valence electrons. The number of nitrogens with one attached hydrogen (secondary N) is 2. The average molecular weight is 366 g/mol. The first kappa shape index (κ1) is 19.8. The summed E-state index contributed by atoms with van der Waals surface area (Å²) in [5.41, 5.74) is 1.35. The van der Waals surface area contributed by atoms with Gasteiger partial charge in [0.1, 0.15) is 0 Å². The second-order valence-corrected chi connectivity index (χ2v) is 7.40. The monoisotopic (exact) mass is 365 g/mol. The Morgan fingerprint density at radius 1 is 1.36 bits per heavy atom. The molecule has 0 spiro atoms. The Kier molecular flexibility index (Phi) is 8.25. The second kappa shape index (κ2) is 10.4. The van der Waals surface area contributed by atoms with Crippen LogP contribution in [0, 0.1) is 5.92 Å². The number of carbonyl (C=O) groups excluding carboxylic acids is 1. The highest BCUT2D eigenvalue weighted by Gasteiger charge is 2.27. The van der Waals surface area contributed by atoms with Gasteiger partial charge in [-0.2, -0.15) is 11.3 Å². The van der Waals surface area contributed by atoms with Gasteiger partial charge in [0.25, 0.3) is 0 Å². The van der Waals surface area contributed by atoms with Gasteiger partial charge in [-0.3, -0.25) is 9.79 Å². The van der Waals surface area contributed by atoms with Crippen molar-refractivity contribution in [1.29, 1.82) is 0 Å². The van der Waals surface area contributed by atoms with Gasteiger partial charge in [-0.25, -0.2) is 0 Å². The molecule has 2 N–H and O–H groups in total. The molecule has 0 saturated heterocycles. The van der Waals surface area contributed by atoms with Crippen LogP contribution in [0.15, 0.2) is 21.8 Å². The van der Waals surface area contributed by atoms with Gasteiger partial charge >= 0.3 is 5.97 Å². The Balaban J connectivity index is 1.83. The van der Waals surface area contributed by atoms with Crippen molar-refractivity contribution < 1.29 is 9.53 Å². The summed E-state index contributed by atoms with van der Waals surface area (Å²) >= 11 is 1.73. The predicted octanol–water partition coefficient (Wildman–Crippen LogP) is 3.53. The lowest BCUT2D eigenvalue weighted by molar-refractivity contribution is -0.149. The molecule has 0 amide bonds. The van der Waals surface area contributed by atoms with Gasteiger partial charge < -0.3 is 15.4 Å². The van der Waals surface area contributed by atoms with Crippen LogP contribution in [0.3, 0.4) is 0 Å².